The zero-order valence-corrected chi connectivity index (χ0v) is 18.7. The van der Waals surface area contributed by atoms with E-state index in [-0.39, 0.29) is 12.5 Å². The third kappa shape index (κ3) is 5.62. The molecule has 0 unspecified atom stereocenters. The first-order valence-electron chi connectivity index (χ1n) is 9.96. The summed E-state index contributed by atoms with van der Waals surface area (Å²) in [5.74, 6) is 2.55. The van der Waals surface area contributed by atoms with Gasteiger partial charge in [0.1, 0.15) is 11.5 Å². The molecule has 9 heteroatoms. The number of ether oxygens (including phenoxy) is 2. The summed E-state index contributed by atoms with van der Waals surface area (Å²) in [5.41, 5.74) is 0.872. The number of halogens is 1. The molecule has 0 radical (unpaired) electrons. The molecule has 0 N–H and O–H groups in total. The van der Waals surface area contributed by atoms with E-state index in [4.69, 9.17) is 14.0 Å². The van der Waals surface area contributed by atoms with E-state index in [9.17, 15) is 4.79 Å². The molecular weight excluding hydrogens is 464 g/mol. The quantitative estimate of drug-likeness (QED) is 0.506. The molecule has 1 aromatic heterocycles. The van der Waals surface area contributed by atoms with E-state index in [1.807, 2.05) is 53.4 Å². The van der Waals surface area contributed by atoms with Gasteiger partial charge in [0.25, 0.3) is 5.91 Å². The molecule has 3 aromatic rings. The molecule has 1 aliphatic heterocycles. The van der Waals surface area contributed by atoms with Crippen LogP contribution in [0.3, 0.4) is 0 Å². The Morgan fingerprint density at radius 2 is 1.87 bits per heavy atom. The number of amides is 1. The van der Waals surface area contributed by atoms with Crippen LogP contribution < -0.4 is 9.47 Å². The van der Waals surface area contributed by atoms with E-state index in [0.717, 1.165) is 28.9 Å². The van der Waals surface area contributed by atoms with Crippen LogP contribution >= 0.6 is 15.9 Å². The highest BCUT2D eigenvalue weighted by Crippen LogP contribution is 2.21. The van der Waals surface area contributed by atoms with Crippen LogP contribution in [0, 0.1) is 0 Å². The Morgan fingerprint density at radius 3 is 2.58 bits per heavy atom. The molecule has 1 aliphatic rings. The summed E-state index contributed by atoms with van der Waals surface area (Å²) in [6.07, 6.45) is 0. The van der Waals surface area contributed by atoms with Crippen molar-refractivity contribution in [1.29, 1.82) is 0 Å². The Labute approximate surface area is 188 Å². The first-order valence-corrected chi connectivity index (χ1v) is 10.8. The first-order chi connectivity index (χ1) is 15.1. The minimum atomic E-state index is -0.0146. The minimum absolute atomic E-state index is 0.0146. The van der Waals surface area contributed by atoms with Gasteiger partial charge in [-0.25, -0.2) is 0 Å². The second kappa shape index (κ2) is 9.93. The molecule has 0 aliphatic carbocycles. The van der Waals surface area contributed by atoms with Gasteiger partial charge in [0.15, 0.2) is 6.61 Å². The zero-order chi connectivity index (χ0) is 21.6. The maximum absolute atomic E-state index is 12.4. The second-order valence-electron chi connectivity index (χ2n) is 7.14. The summed E-state index contributed by atoms with van der Waals surface area (Å²) in [4.78, 5) is 21.0. The van der Waals surface area contributed by atoms with Crippen LogP contribution in [0.4, 0.5) is 0 Å². The minimum Gasteiger partial charge on any atom is -0.497 e. The average molecular weight is 487 g/mol. The van der Waals surface area contributed by atoms with Crippen LogP contribution in [0.2, 0.25) is 0 Å². The maximum atomic E-state index is 12.4. The molecule has 31 heavy (non-hydrogen) atoms. The number of nitrogens with zero attached hydrogens (tertiary/aromatic N) is 4. The lowest BCUT2D eigenvalue weighted by atomic mass is 10.2. The van der Waals surface area contributed by atoms with Crippen molar-refractivity contribution in [2.45, 2.75) is 6.54 Å². The highest BCUT2D eigenvalue weighted by atomic mass is 79.9. The van der Waals surface area contributed by atoms with Gasteiger partial charge in [-0.15, -0.1) is 0 Å². The topological polar surface area (TPSA) is 80.9 Å². The van der Waals surface area contributed by atoms with Crippen LogP contribution in [-0.2, 0) is 11.3 Å². The lowest BCUT2D eigenvalue weighted by Crippen LogP contribution is -2.49. The molecule has 2 aromatic carbocycles. The lowest BCUT2D eigenvalue weighted by Gasteiger charge is -2.33. The SMILES string of the molecule is COc1ccc(-c2noc(CN3CCN(C(=O)COc4cccc(Br)c4)CC3)n2)cc1. The number of hydrogen-bond acceptors (Lipinski definition) is 7. The normalized spacial score (nSPS) is 14.5. The van der Waals surface area contributed by atoms with Crippen LogP contribution in [-0.4, -0.2) is 65.7 Å². The van der Waals surface area contributed by atoms with Gasteiger partial charge in [-0.3, -0.25) is 9.69 Å². The highest BCUT2D eigenvalue weighted by molar-refractivity contribution is 9.10. The maximum Gasteiger partial charge on any atom is 0.260 e. The van der Waals surface area contributed by atoms with Crippen LogP contribution in [0.15, 0.2) is 57.5 Å². The first kappa shape index (κ1) is 21.3. The van der Waals surface area contributed by atoms with E-state index >= 15 is 0 Å². The summed E-state index contributed by atoms with van der Waals surface area (Å²) in [6.45, 7) is 3.34. The molecule has 0 saturated carbocycles. The Morgan fingerprint density at radius 1 is 1.10 bits per heavy atom. The second-order valence-corrected chi connectivity index (χ2v) is 8.06. The smallest absolute Gasteiger partial charge is 0.260 e. The van der Waals surface area contributed by atoms with Crippen LogP contribution in [0.25, 0.3) is 11.4 Å². The molecule has 1 fully saturated rings. The van der Waals surface area contributed by atoms with Gasteiger partial charge in [-0.1, -0.05) is 27.2 Å². The van der Waals surface area contributed by atoms with Gasteiger partial charge in [-0.05, 0) is 42.5 Å². The predicted molar refractivity (Wildman–Crippen MR) is 118 cm³/mol. The number of rotatable bonds is 7. The summed E-state index contributed by atoms with van der Waals surface area (Å²) in [6, 6.07) is 15.0. The number of aromatic nitrogens is 2. The fourth-order valence-electron chi connectivity index (χ4n) is 3.32. The molecule has 0 bridgehead atoms. The molecule has 4 rings (SSSR count). The molecule has 162 valence electrons. The van der Waals surface area contributed by atoms with E-state index in [0.29, 0.717) is 37.1 Å². The molecule has 0 atom stereocenters. The van der Waals surface area contributed by atoms with Gasteiger partial charge >= 0.3 is 0 Å². The summed E-state index contributed by atoms with van der Waals surface area (Å²) in [5, 5.41) is 4.07. The third-order valence-electron chi connectivity index (χ3n) is 5.06. The van der Waals surface area contributed by atoms with Gasteiger partial charge in [0.05, 0.1) is 13.7 Å². The van der Waals surface area contributed by atoms with Gasteiger partial charge in [0.2, 0.25) is 11.7 Å². The molecule has 2 heterocycles. The fourth-order valence-corrected chi connectivity index (χ4v) is 3.69. The number of carbonyl (C=O) groups excluding carboxylic acids is 1. The van der Waals surface area contributed by atoms with Gasteiger partial charge in [0, 0.05) is 36.2 Å². The number of carbonyl (C=O) groups is 1. The molecular formula is C22H23BrN4O4. The summed E-state index contributed by atoms with van der Waals surface area (Å²) < 4.78 is 17.1. The Balaban J connectivity index is 1.24. The van der Waals surface area contributed by atoms with Crippen molar-refractivity contribution >= 4 is 21.8 Å². The van der Waals surface area contributed by atoms with E-state index in [1.54, 1.807) is 7.11 Å². The van der Waals surface area contributed by atoms with Gasteiger partial charge < -0.3 is 18.9 Å². The Hall–Kier alpha value is -2.91. The zero-order valence-electron chi connectivity index (χ0n) is 17.2. The summed E-state index contributed by atoms with van der Waals surface area (Å²) >= 11 is 3.40. The molecule has 1 amide bonds. The van der Waals surface area contributed by atoms with Crippen molar-refractivity contribution in [2.75, 3.05) is 39.9 Å². The number of benzene rings is 2. The molecule has 8 nitrogen and oxygen atoms in total. The number of methoxy groups -OCH3 is 1. The van der Waals surface area contributed by atoms with E-state index in [1.165, 1.54) is 0 Å². The Kier molecular flexibility index (Phi) is 6.83. The van der Waals surface area contributed by atoms with Crippen molar-refractivity contribution in [3.63, 3.8) is 0 Å². The van der Waals surface area contributed by atoms with E-state index < -0.39 is 0 Å². The van der Waals surface area contributed by atoms with Gasteiger partial charge in [-0.2, -0.15) is 4.98 Å². The highest BCUT2D eigenvalue weighted by Gasteiger charge is 2.23. The number of piperazine rings is 1. The number of hydrogen-bond donors (Lipinski definition) is 0. The van der Waals surface area contributed by atoms with Crippen molar-refractivity contribution in [3.8, 4) is 22.9 Å². The van der Waals surface area contributed by atoms with Crippen molar-refractivity contribution in [2.24, 2.45) is 0 Å². The van der Waals surface area contributed by atoms with E-state index in [2.05, 4.69) is 31.0 Å². The van der Waals surface area contributed by atoms with Crippen LogP contribution in [0.1, 0.15) is 5.89 Å². The van der Waals surface area contributed by atoms with Crippen molar-refractivity contribution < 1.29 is 18.8 Å². The third-order valence-corrected chi connectivity index (χ3v) is 5.55. The van der Waals surface area contributed by atoms with Crippen molar-refractivity contribution in [1.82, 2.24) is 19.9 Å². The molecule has 1 saturated heterocycles. The monoisotopic (exact) mass is 486 g/mol. The Bertz CT molecular complexity index is 1020. The van der Waals surface area contributed by atoms with Crippen molar-refractivity contribution in [3.05, 3.63) is 58.9 Å². The average Bonchev–Trinajstić information content (AvgIpc) is 3.26. The lowest BCUT2D eigenvalue weighted by molar-refractivity contribution is -0.135. The largest absolute Gasteiger partial charge is 0.497 e. The summed E-state index contributed by atoms with van der Waals surface area (Å²) in [7, 11) is 1.63. The predicted octanol–water partition coefficient (Wildman–Crippen LogP) is 3.23. The van der Waals surface area contributed by atoms with Crippen LogP contribution in [0.5, 0.6) is 11.5 Å². The standard InChI is InChI=1S/C22H23BrN4O4/c1-29-18-7-5-16(6-8-18)22-24-20(31-25-22)14-26-9-11-27(12-10-26)21(28)15-30-19-4-2-3-17(23)13-19/h2-8,13H,9-12,14-15H2,1H3. The molecule has 0 spiro atoms. The fraction of sp³-hybridized carbons (Fsp3) is 0.318.